The highest BCUT2D eigenvalue weighted by Crippen LogP contribution is 2.02. The number of rotatable bonds is 8. The second-order valence-corrected chi connectivity index (χ2v) is 3.34. The maximum atomic E-state index is 10.2. The Labute approximate surface area is 92.0 Å². The van der Waals surface area contributed by atoms with Crippen LogP contribution in [0.2, 0.25) is 0 Å². The predicted octanol–water partition coefficient (Wildman–Crippen LogP) is 3.16. The van der Waals surface area contributed by atoms with Gasteiger partial charge in [-0.05, 0) is 18.9 Å². The van der Waals surface area contributed by atoms with Crippen LogP contribution in [-0.4, -0.2) is 12.7 Å². The molecule has 0 aliphatic carbocycles. The molecule has 0 atom stereocenters. The summed E-state index contributed by atoms with van der Waals surface area (Å²) in [5.41, 5.74) is 4.79. The third-order valence-electron chi connectivity index (χ3n) is 1.93. The molecule has 2 N–H and O–H groups in total. The summed E-state index contributed by atoms with van der Waals surface area (Å²) in [6.07, 6.45) is 13.2. The van der Waals surface area contributed by atoms with E-state index in [0.29, 0.717) is 0 Å². The highest BCUT2D eigenvalue weighted by Gasteiger charge is 1.86. The molecule has 15 heavy (non-hydrogen) atoms. The molecule has 0 aromatic rings. The largest absolute Gasteiger partial charge is 0.445 e. The first-order chi connectivity index (χ1) is 7.27. The van der Waals surface area contributed by atoms with Gasteiger partial charge < -0.3 is 10.5 Å². The van der Waals surface area contributed by atoms with Crippen molar-refractivity contribution in [3.63, 3.8) is 0 Å². The van der Waals surface area contributed by atoms with Gasteiger partial charge in [0.15, 0.2) is 0 Å². The molecule has 0 saturated heterocycles. The zero-order valence-corrected chi connectivity index (χ0v) is 9.45. The lowest BCUT2D eigenvalue weighted by atomic mass is 10.1. The third kappa shape index (κ3) is 12.8. The average molecular weight is 211 g/mol. The first-order valence-corrected chi connectivity index (χ1v) is 5.51. The van der Waals surface area contributed by atoms with Gasteiger partial charge >= 0.3 is 6.09 Å². The van der Waals surface area contributed by atoms with E-state index in [0.717, 1.165) is 6.42 Å². The van der Waals surface area contributed by atoms with Gasteiger partial charge in [0.25, 0.3) is 0 Å². The Kier molecular flexibility index (Phi) is 9.93. The molecule has 0 fully saturated rings. The Hall–Kier alpha value is -1.25. The fourth-order valence-electron chi connectivity index (χ4n) is 1.13. The molecular formula is C12H21NO2. The summed E-state index contributed by atoms with van der Waals surface area (Å²) in [5.74, 6) is 0. The van der Waals surface area contributed by atoms with E-state index in [-0.39, 0.29) is 6.61 Å². The zero-order valence-electron chi connectivity index (χ0n) is 9.45. The number of unbranched alkanes of at least 4 members (excludes halogenated alkanes) is 4. The fourth-order valence-corrected chi connectivity index (χ4v) is 1.13. The number of ether oxygens (including phenoxy) is 1. The SMILES string of the molecule is CCCCCC/C=C/C=C/COC(N)=O. The van der Waals surface area contributed by atoms with Crippen molar-refractivity contribution >= 4 is 6.09 Å². The van der Waals surface area contributed by atoms with E-state index in [9.17, 15) is 4.79 Å². The average Bonchev–Trinajstić information content (AvgIpc) is 2.20. The minimum atomic E-state index is -0.733. The molecule has 0 radical (unpaired) electrons. The summed E-state index contributed by atoms with van der Waals surface area (Å²) in [6, 6.07) is 0. The molecule has 0 saturated carbocycles. The zero-order chi connectivity index (χ0) is 11.4. The summed E-state index contributed by atoms with van der Waals surface area (Å²) >= 11 is 0. The summed E-state index contributed by atoms with van der Waals surface area (Å²) in [6.45, 7) is 2.45. The summed E-state index contributed by atoms with van der Waals surface area (Å²) in [4.78, 5) is 10.2. The van der Waals surface area contributed by atoms with Crippen molar-refractivity contribution in [1.82, 2.24) is 0 Å². The van der Waals surface area contributed by atoms with Crippen LogP contribution in [0.15, 0.2) is 24.3 Å². The van der Waals surface area contributed by atoms with Gasteiger partial charge in [0.2, 0.25) is 0 Å². The van der Waals surface area contributed by atoms with Gasteiger partial charge in [-0.15, -0.1) is 0 Å². The Morgan fingerprint density at radius 2 is 1.93 bits per heavy atom. The molecule has 0 aromatic carbocycles. The lowest BCUT2D eigenvalue weighted by Crippen LogP contribution is -2.12. The molecule has 0 heterocycles. The normalized spacial score (nSPS) is 11.3. The molecule has 0 aliphatic heterocycles. The number of carbonyl (C=O) groups is 1. The molecule has 0 unspecified atom stereocenters. The topological polar surface area (TPSA) is 52.3 Å². The molecule has 0 bridgehead atoms. The van der Waals surface area contributed by atoms with Gasteiger partial charge in [-0.3, -0.25) is 0 Å². The van der Waals surface area contributed by atoms with E-state index in [1.165, 1.54) is 25.7 Å². The van der Waals surface area contributed by atoms with Crippen LogP contribution in [0.1, 0.15) is 39.0 Å². The number of allylic oxidation sites excluding steroid dienone is 3. The van der Waals surface area contributed by atoms with Crippen molar-refractivity contribution in [2.75, 3.05) is 6.61 Å². The predicted molar refractivity (Wildman–Crippen MR) is 62.6 cm³/mol. The van der Waals surface area contributed by atoms with Crippen LogP contribution in [0.3, 0.4) is 0 Å². The number of hydrogen-bond donors (Lipinski definition) is 1. The third-order valence-corrected chi connectivity index (χ3v) is 1.93. The van der Waals surface area contributed by atoms with Crippen molar-refractivity contribution < 1.29 is 9.53 Å². The lowest BCUT2D eigenvalue weighted by molar-refractivity contribution is 0.169. The van der Waals surface area contributed by atoms with E-state index in [4.69, 9.17) is 5.73 Å². The summed E-state index contributed by atoms with van der Waals surface area (Å²) in [5, 5.41) is 0. The number of amides is 1. The number of hydrogen-bond acceptors (Lipinski definition) is 2. The molecule has 0 rings (SSSR count). The van der Waals surface area contributed by atoms with Crippen molar-refractivity contribution in [2.45, 2.75) is 39.0 Å². The smallest absolute Gasteiger partial charge is 0.404 e. The van der Waals surface area contributed by atoms with E-state index in [1.807, 2.05) is 12.2 Å². The van der Waals surface area contributed by atoms with Gasteiger partial charge in [0.1, 0.15) is 6.61 Å². The lowest BCUT2D eigenvalue weighted by Gasteiger charge is -1.93. The van der Waals surface area contributed by atoms with Gasteiger partial charge in [-0.25, -0.2) is 4.79 Å². The van der Waals surface area contributed by atoms with Gasteiger partial charge in [-0.2, -0.15) is 0 Å². The van der Waals surface area contributed by atoms with Crippen LogP contribution in [-0.2, 0) is 4.74 Å². The molecule has 0 spiro atoms. The Bertz CT molecular complexity index is 210. The molecule has 0 aliphatic rings. The number of nitrogens with two attached hydrogens (primary N) is 1. The molecule has 0 aromatic heterocycles. The second kappa shape index (κ2) is 10.8. The highest BCUT2D eigenvalue weighted by molar-refractivity contribution is 5.64. The van der Waals surface area contributed by atoms with Crippen LogP contribution in [0.5, 0.6) is 0 Å². The molecule has 3 nitrogen and oxygen atoms in total. The first kappa shape index (κ1) is 13.8. The maximum Gasteiger partial charge on any atom is 0.404 e. The van der Waals surface area contributed by atoms with E-state index in [1.54, 1.807) is 6.08 Å². The van der Waals surface area contributed by atoms with Crippen molar-refractivity contribution in [1.29, 1.82) is 0 Å². The van der Waals surface area contributed by atoms with Gasteiger partial charge in [0, 0.05) is 0 Å². The second-order valence-electron chi connectivity index (χ2n) is 3.34. The highest BCUT2D eigenvalue weighted by atomic mass is 16.5. The van der Waals surface area contributed by atoms with Crippen LogP contribution < -0.4 is 5.73 Å². The summed E-state index contributed by atoms with van der Waals surface area (Å²) in [7, 11) is 0. The van der Waals surface area contributed by atoms with Gasteiger partial charge in [0.05, 0.1) is 0 Å². The number of carbonyl (C=O) groups excluding carboxylic acids is 1. The first-order valence-electron chi connectivity index (χ1n) is 5.51. The van der Waals surface area contributed by atoms with Crippen molar-refractivity contribution in [3.8, 4) is 0 Å². The van der Waals surface area contributed by atoms with Crippen LogP contribution in [0, 0.1) is 0 Å². The Morgan fingerprint density at radius 3 is 2.60 bits per heavy atom. The quantitative estimate of drug-likeness (QED) is 0.495. The maximum absolute atomic E-state index is 10.2. The molecular weight excluding hydrogens is 190 g/mol. The summed E-state index contributed by atoms with van der Waals surface area (Å²) < 4.78 is 4.52. The fraction of sp³-hybridized carbons (Fsp3) is 0.583. The van der Waals surface area contributed by atoms with E-state index >= 15 is 0 Å². The van der Waals surface area contributed by atoms with Gasteiger partial charge in [-0.1, -0.05) is 44.4 Å². The van der Waals surface area contributed by atoms with Crippen LogP contribution in [0.25, 0.3) is 0 Å². The number of primary amides is 1. The van der Waals surface area contributed by atoms with E-state index in [2.05, 4.69) is 17.7 Å². The van der Waals surface area contributed by atoms with Crippen molar-refractivity contribution in [3.05, 3.63) is 24.3 Å². The Balaban J connectivity index is 3.26. The van der Waals surface area contributed by atoms with Crippen molar-refractivity contribution in [2.24, 2.45) is 5.73 Å². The van der Waals surface area contributed by atoms with Crippen LogP contribution in [0.4, 0.5) is 4.79 Å². The Morgan fingerprint density at radius 1 is 1.20 bits per heavy atom. The molecule has 86 valence electrons. The monoisotopic (exact) mass is 211 g/mol. The van der Waals surface area contributed by atoms with Crippen LogP contribution >= 0.6 is 0 Å². The minimum absolute atomic E-state index is 0.246. The molecule has 1 amide bonds. The van der Waals surface area contributed by atoms with E-state index < -0.39 is 6.09 Å². The standard InChI is InChI=1S/C12H21NO2/c1-2-3-4-5-6-7-8-9-10-11-15-12(13)14/h7-10H,2-6,11H2,1H3,(H2,13,14)/b8-7+,10-9+. The minimum Gasteiger partial charge on any atom is -0.445 e. The molecule has 3 heteroatoms.